The molecule has 3 heterocycles. The summed E-state index contributed by atoms with van der Waals surface area (Å²) >= 11 is 0. The van der Waals surface area contributed by atoms with Crippen LogP contribution in [0.15, 0.2) is 48.3 Å². The summed E-state index contributed by atoms with van der Waals surface area (Å²) in [5, 5.41) is 11.5. The van der Waals surface area contributed by atoms with Crippen LogP contribution < -0.4 is 21.3 Å². The van der Waals surface area contributed by atoms with Gasteiger partial charge in [0.25, 0.3) is 5.91 Å². The second kappa shape index (κ2) is 9.81. The maximum Gasteiger partial charge on any atom is 0.332 e. The summed E-state index contributed by atoms with van der Waals surface area (Å²) in [5.41, 5.74) is 12.0. The number of oxime groups is 1. The predicted octanol–water partition coefficient (Wildman–Crippen LogP) is 1.01. The number of imidazole rings is 1. The largest absolute Gasteiger partial charge is 0.409 e. The van der Waals surface area contributed by atoms with Crippen molar-refractivity contribution < 1.29 is 19.6 Å². The Morgan fingerprint density at radius 2 is 1.65 bits per heavy atom. The molecule has 0 aliphatic rings. The highest BCUT2D eigenvalue weighted by Gasteiger charge is 2.21. The molecular formula is C20H26N10O4. The molecule has 6 N–H and O–H groups in total. The zero-order chi connectivity index (χ0) is 25.0. The van der Waals surface area contributed by atoms with Gasteiger partial charge in [0.1, 0.15) is 11.7 Å². The Kier molecular flexibility index (Phi) is 6.89. The van der Waals surface area contributed by atoms with Gasteiger partial charge >= 0.3 is 12.1 Å². The fourth-order valence-corrected chi connectivity index (χ4v) is 3.03. The number of hydrogen-bond acceptors (Lipinski definition) is 7. The summed E-state index contributed by atoms with van der Waals surface area (Å²) in [6, 6.07) is 2.48. The molecule has 3 amide bonds. The van der Waals surface area contributed by atoms with Crippen LogP contribution in [0.2, 0.25) is 0 Å². The standard InChI is InChI=1S/C20H26N10O4/c1-26(7-6-15(21)25-34)19(32)29-8-5-14(12-29)28(3)20(33)30-9-4-13(11-30)27(2)18(31)17-23-10-16(22)24-17/h4-5,8-12,34H,6-7,22H2,1-3H3,(H2,21,25)(H,23,24). The molecule has 0 unspecified atom stereocenters. The summed E-state index contributed by atoms with van der Waals surface area (Å²) in [6.07, 6.45) is 7.64. The molecule has 3 rings (SSSR count). The van der Waals surface area contributed by atoms with Gasteiger partial charge < -0.3 is 31.5 Å². The Bertz CT molecular complexity index is 1220. The van der Waals surface area contributed by atoms with E-state index in [9.17, 15) is 14.4 Å². The van der Waals surface area contributed by atoms with Crippen molar-refractivity contribution in [3.63, 3.8) is 0 Å². The number of aromatic nitrogens is 4. The number of nitrogens with zero attached hydrogens (tertiary/aromatic N) is 7. The van der Waals surface area contributed by atoms with Crippen molar-refractivity contribution in [1.29, 1.82) is 0 Å². The first-order valence-electron chi connectivity index (χ1n) is 10.1. The average Bonchev–Trinajstić information content (AvgIpc) is 3.60. The zero-order valence-electron chi connectivity index (χ0n) is 18.9. The molecule has 0 aliphatic heterocycles. The second-order valence-electron chi connectivity index (χ2n) is 7.49. The van der Waals surface area contributed by atoms with Crippen LogP contribution in [0.1, 0.15) is 17.0 Å². The van der Waals surface area contributed by atoms with Gasteiger partial charge in [-0.05, 0) is 12.1 Å². The van der Waals surface area contributed by atoms with Crippen molar-refractivity contribution in [3.8, 4) is 0 Å². The zero-order valence-corrected chi connectivity index (χ0v) is 18.9. The number of hydrogen-bond donors (Lipinski definition) is 4. The molecule has 0 radical (unpaired) electrons. The first-order valence-corrected chi connectivity index (χ1v) is 10.1. The minimum Gasteiger partial charge on any atom is -0.409 e. The molecule has 0 aliphatic carbocycles. The Morgan fingerprint density at radius 1 is 1.06 bits per heavy atom. The Hall–Kier alpha value is -4.75. The molecule has 34 heavy (non-hydrogen) atoms. The van der Waals surface area contributed by atoms with Gasteiger partial charge in [0.15, 0.2) is 5.82 Å². The normalized spacial score (nSPS) is 11.3. The predicted molar refractivity (Wildman–Crippen MR) is 125 cm³/mol. The first kappa shape index (κ1) is 23.9. The molecule has 3 aromatic rings. The second-order valence-corrected chi connectivity index (χ2v) is 7.49. The number of amidine groups is 1. The van der Waals surface area contributed by atoms with Crippen LogP contribution in [0.25, 0.3) is 0 Å². The molecule has 0 fully saturated rings. The topological polar surface area (TPSA) is 184 Å². The van der Waals surface area contributed by atoms with Crippen LogP contribution in [0.4, 0.5) is 26.8 Å². The lowest BCUT2D eigenvalue weighted by molar-refractivity contribution is 0.0984. The molecule has 3 aromatic heterocycles. The lowest BCUT2D eigenvalue weighted by atomic mass is 10.4. The van der Waals surface area contributed by atoms with Crippen molar-refractivity contribution >= 4 is 41.0 Å². The van der Waals surface area contributed by atoms with Crippen LogP contribution in [0.5, 0.6) is 0 Å². The van der Waals surface area contributed by atoms with Crippen molar-refractivity contribution in [2.45, 2.75) is 6.42 Å². The van der Waals surface area contributed by atoms with Gasteiger partial charge in [-0.25, -0.2) is 14.6 Å². The third-order valence-electron chi connectivity index (χ3n) is 5.12. The molecule has 0 spiro atoms. The highest BCUT2D eigenvalue weighted by atomic mass is 16.4. The number of nitrogens with one attached hydrogen (secondary N) is 1. The van der Waals surface area contributed by atoms with Crippen LogP contribution in [0.3, 0.4) is 0 Å². The number of amides is 3. The summed E-state index contributed by atoms with van der Waals surface area (Å²) in [7, 11) is 4.70. The van der Waals surface area contributed by atoms with E-state index in [1.165, 1.54) is 54.8 Å². The van der Waals surface area contributed by atoms with E-state index in [0.717, 1.165) is 0 Å². The van der Waals surface area contributed by atoms with Crippen LogP contribution in [0, 0.1) is 0 Å². The fourth-order valence-electron chi connectivity index (χ4n) is 3.03. The van der Waals surface area contributed by atoms with E-state index in [4.69, 9.17) is 16.7 Å². The van der Waals surface area contributed by atoms with E-state index in [1.807, 2.05) is 0 Å². The van der Waals surface area contributed by atoms with Gasteiger partial charge in [0.2, 0.25) is 0 Å². The smallest absolute Gasteiger partial charge is 0.332 e. The number of carbonyl (C=O) groups excluding carboxylic acids is 3. The van der Waals surface area contributed by atoms with Gasteiger partial charge in [-0.15, -0.1) is 0 Å². The van der Waals surface area contributed by atoms with E-state index in [0.29, 0.717) is 11.4 Å². The maximum atomic E-state index is 12.9. The summed E-state index contributed by atoms with van der Waals surface area (Å²) in [4.78, 5) is 48.7. The molecule has 14 heteroatoms. The Labute approximate surface area is 194 Å². The summed E-state index contributed by atoms with van der Waals surface area (Å²) in [5.74, 6) is -0.0451. The highest BCUT2D eigenvalue weighted by Crippen LogP contribution is 2.19. The van der Waals surface area contributed by atoms with E-state index >= 15 is 0 Å². The number of nitrogen functional groups attached to an aromatic ring is 1. The summed E-state index contributed by atoms with van der Waals surface area (Å²) in [6.45, 7) is 0.250. The number of anilines is 3. The van der Waals surface area contributed by atoms with E-state index in [1.54, 1.807) is 33.3 Å². The van der Waals surface area contributed by atoms with E-state index in [2.05, 4.69) is 15.1 Å². The minimum absolute atomic E-state index is 0.0184. The van der Waals surface area contributed by atoms with Crippen LogP contribution in [-0.2, 0) is 0 Å². The van der Waals surface area contributed by atoms with Gasteiger partial charge in [0.05, 0.1) is 17.6 Å². The molecular weight excluding hydrogens is 444 g/mol. The highest BCUT2D eigenvalue weighted by molar-refractivity contribution is 6.04. The Morgan fingerprint density at radius 3 is 2.21 bits per heavy atom. The Balaban J connectivity index is 1.67. The van der Waals surface area contributed by atoms with Gasteiger partial charge in [-0.1, -0.05) is 5.16 Å². The van der Waals surface area contributed by atoms with Crippen LogP contribution in [-0.4, -0.2) is 80.7 Å². The number of carbonyl (C=O) groups is 3. The monoisotopic (exact) mass is 470 g/mol. The lowest BCUT2D eigenvalue weighted by Gasteiger charge is -2.18. The van der Waals surface area contributed by atoms with Crippen LogP contribution >= 0.6 is 0 Å². The third kappa shape index (κ3) is 5.01. The summed E-state index contributed by atoms with van der Waals surface area (Å²) < 4.78 is 2.64. The van der Waals surface area contributed by atoms with Crippen molar-refractivity contribution in [2.24, 2.45) is 10.9 Å². The van der Waals surface area contributed by atoms with Gasteiger partial charge in [0, 0.05) is 58.9 Å². The van der Waals surface area contributed by atoms with Crippen molar-refractivity contribution in [3.05, 3.63) is 48.9 Å². The molecule has 0 bridgehead atoms. The molecule has 0 saturated carbocycles. The van der Waals surface area contributed by atoms with Crippen molar-refractivity contribution in [2.75, 3.05) is 43.2 Å². The van der Waals surface area contributed by atoms with E-state index in [-0.39, 0.29) is 36.5 Å². The molecule has 180 valence electrons. The average molecular weight is 470 g/mol. The quantitative estimate of drug-likeness (QED) is 0.179. The lowest BCUT2D eigenvalue weighted by Crippen LogP contribution is -2.33. The molecule has 0 aromatic carbocycles. The molecule has 0 saturated heterocycles. The minimum atomic E-state index is -0.415. The number of nitrogens with two attached hydrogens (primary N) is 2. The number of rotatable bonds is 6. The number of H-pyrrole nitrogens is 1. The third-order valence-corrected chi connectivity index (χ3v) is 5.12. The molecule has 14 nitrogen and oxygen atoms in total. The van der Waals surface area contributed by atoms with Gasteiger partial charge in [-0.2, -0.15) is 0 Å². The fraction of sp³-hybridized carbons (Fsp3) is 0.250. The maximum absolute atomic E-state index is 12.9. The van der Waals surface area contributed by atoms with Gasteiger partial charge in [-0.3, -0.25) is 18.8 Å². The first-order chi connectivity index (χ1) is 16.1. The SMILES string of the molecule is CN(CCC(N)=NO)C(=O)n1ccc(N(C)C(=O)n2ccc(N(C)C(=O)c3ncc(N)[nH]3)c2)c1. The van der Waals surface area contributed by atoms with Crippen molar-refractivity contribution in [1.82, 2.24) is 24.0 Å². The molecule has 0 atom stereocenters. The number of aromatic amines is 1. The van der Waals surface area contributed by atoms with E-state index < -0.39 is 11.9 Å².